The van der Waals surface area contributed by atoms with E-state index in [-0.39, 0.29) is 11.5 Å². The molecule has 0 fully saturated rings. The lowest BCUT2D eigenvalue weighted by molar-refractivity contribution is -0.118. The Bertz CT molecular complexity index is 1480. The van der Waals surface area contributed by atoms with Gasteiger partial charge in [0.2, 0.25) is 10.0 Å². The molecule has 0 saturated heterocycles. The summed E-state index contributed by atoms with van der Waals surface area (Å²) in [7, 11) is -3.79. The maximum atomic E-state index is 12.1. The quantitative estimate of drug-likeness (QED) is 0.350. The van der Waals surface area contributed by atoms with Crippen molar-refractivity contribution in [1.82, 2.24) is 9.97 Å². The van der Waals surface area contributed by atoms with E-state index in [0.717, 1.165) is 16.6 Å². The molecule has 0 saturated carbocycles. The summed E-state index contributed by atoms with van der Waals surface area (Å²) < 4.78 is 28.1. The Kier molecular flexibility index (Phi) is 6.40. The van der Waals surface area contributed by atoms with Crippen LogP contribution in [0.15, 0.2) is 77.7 Å². The zero-order valence-electron chi connectivity index (χ0n) is 17.7. The lowest BCUT2D eigenvalue weighted by Gasteiger charge is -2.08. The van der Waals surface area contributed by atoms with Crippen molar-refractivity contribution in [3.63, 3.8) is 0 Å². The number of hydrogen-bond donors (Lipinski definition) is 3. The van der Waals surface area contributed by atoms with Crippen molar-refractivity contribution in [2.24, 2.45) is 5.14 Å². The van der Waals surface area contributed by atoms with Crippen molar-refractivity contribution in [3.05, 3.63) is 84.2 Å². The maximum absolute atomic E-state index is 12.1. The molecule has 1 heterocycles. The number of primary sulfonamides is 1. The monoisotopic (exact) mass is 473 g/mol. The Morgan fingerprint density at radius 1 is 1.09 bits per heavy atom. The van der Waals surface area contributed by atoms with Crippen LogP contribution >= 0.6 is 0 Å². The van der Waals surface area contributed by atoms with Crippen LogP contribution < -0.4 is 15.2 Å². The number of sulfonamides is 1. The molecule has 1 amide bonds. The molecule has 0 spiro atoms. The number of ether oxygens (including phenoxy) is 1. The van der Waals surface area contributed by atoms with Crippen LogP contribution in [-0.2, 0) is 14.8 Å². The van der Waals surface area contributed by atoms with Crippen LogP contribution in [0.25, 0.3) is 22.7 Å². The molecule has 3 aromatic carbocycles. The van der Waals surface area contributed by atoms with Crippen LogP contribution in [0.4, 0.5) is 5.69 Å². The highest BCUT2D eigenvalue weighted by atomic mass is 32.2. The van der Waals surface area contributed by atoms with Gasteiger partial charge in [0.05, 0.1) is 21.5 Å². The van der Waals surface area contributed by atoms with E-state index in [1.807, 2.05) is 24.3 Å². The molecule has 0 aliphatic carbocycles. The van der Waals surface area contributed by atoms with Gasteiger partial charge < -0.3 is 15.0 Å². The Hall–Kier alpha value is -4.46. The summed E-state index contributed by atoms with van der Waals surface area (Å²) in [6.07, 6.45) is 1.71. The standard InChI is InChI=1S/C24H19N5O4S/c25-14-17(24-28-21-3-1-2-4-22(21)29-24)13-16-5-9-19(10-6-16)33-15-23(30)27-18-7-11-20(12-8-18)34(26,31)32/h1-13H,15H2,(H,27,30)(H,28,29)(H2,26,31,32). The number of amides is 1. The summed E-state index contributed by atoms with van der Waals surface area (Å²) in [4.78, 5) is 19.6. The van der Waals surface area contributed by atoms with E-state index in [2.05, 4.69) is 21.4 Å². The number of rotatable bonds is 7. The molecule has 34 heavy (non-hydrogen) atoms. The molecule has 0 aliphatic rings. The first-order valence-electron chi connectivity index (χ1n) is 10.0. The average Bonchev–Trinajstić information content (AvgIpc) is 3.26. The van der Waals surface area contributed by atoms with Gasteiger partial charge in [0.1, 0.15) is 17.6 Å². The minimum atomic E-state index is -3.79. The van der Waals surface area contributed by atoms with Crippen molar-refractivity contribution in [2.45, 2.75) is 4.90 Å². The smallest absolute Gasteiger partial charge is 0.262 e. The number of anilines is 1. The van der Waals surface area contributed by atoms with E-state index in [1.165, 1.54) is 24.3 Å². The van der Waals surface area contributed by atoms with Crippen LogP contribution in [0.5, 0.6) is 5.75 Å². The number of carbonyl (C=O) groups is 1. The van der Waals surface area contributed by atoms with Gasteiger partial charge in [-0.1, -0.05) is 24.3 Å². The highest BCUT2D eigenvalue weighted by molar-refractivity contribution is 7.89. The van der Waals surface area contributed by atoms with Gasteiger partial charge in [0.25, 0.3) is 5.91 Å². The lowest BCUT2D eigenvalue weighted by Crippen LogP contribution is -2.20. The third-order valence-corrected chi connectivity index (χ3v) is 5.72. The molecule has 0 bridgehead atoms. The second-order valence-corrected chi connectivity index (χ2v) is 8.81. The summed E-state index contributed by atoms with van der Waals surface area (Å²) >= 11 is 0. The van der Waals surface area contributed by atoms with E-state index in [4.69, 9.17) is 9.88 Å². The minimum Gasteiger partial charge on any atom is -0.484 e. The molecule has 4 rings (SSSR count). The number of aromatic amines is 1. The Morgan fingerprint density at radius 2 is 1.79 bits per heavy atom. The molecule has 9 nitrogen and oxygen atoms in total. The van der Waals surface area contributed by atoms with E-state index >= 15 is 0 Å². The Balaban J connectivity index is 1.36. The Labute approximate surface area is 195 Å². The zero-order valence-corrected chi connectivity index (χ0v) is 18.5. The fraction of sp³-hybridized carbons (Fsp3) is 0.0417. The Morgan fingerprint density at radius 3 is 2.44 bits per heavy atom. The van der Waals surface area contributed by atoms with E-state index < -0.39 is 15.9 Å². The first kappa shape index (κ1) is 22.7. The molecule has 0 aliphatic heterocycles. The van der Waals surface area contributed by atoms with Crippen LogP contribution in [-0.4, -0.2) is 30.9 Å². The first-order valence-corrected chi connectivity index (χ1v) is 11.6. The largest absolute Gasteiger partial charge is 0.484 e. The fourth-order valence-corrected chi connectivity index (χ4v) is 3.65. The molecule has 4 aromatic rings. The number of H-pyrrole nitrogens is 1. The van der Waals surface area contributed by atoms with Gasteiger partial charge in [-0.05, 0) is 60.2 Å². The number of aromatic nitrogens is 2. The number of carbonyl (C=O) groups excluding carboxylic acids is 1. The van der Waals surface area contributed by atoms with Crippen LogP contribution in [0.2, 0.25) is 0 Å². The minimum absolute atomic E-state index is 0.0456. The number of para-hydroxylation sites is 2. The molecule has 0 radical (unpaired) electrons. The number of benzene rings is 3. The van der Waals surface area contributed by atoms with Gasteiger partial charge >= 0.3 is 0 Å². The number of fused-ring (bicyclic) bond motifs is 1. The maximum Gasteiger partial charge on any atom is 0.262 e. The van der Waals surface area contributed by atoms with E-state index in [9.17, 15) is 18.5 Å². The van der Waals surface area contributed by atoms with Crippen LogP contribution in [0.3, 0.4) is 0 Å². The molecule has 170 valence electrons. The second-order valence-electron chi connectivity index (χ2n) is 7.25. The summed E-state index contributed by atoms with van der Waals surface area (Å²) in [5, 5.41) is 17.2. The van der Waals surface area contributed by atoms with Gasteiger partial charge in [0, 0.05) is 5.69 Å². The lowest BCUT2D eigenvalue weighted by atomic mass is 10.1. The van der Waals surface area contributed by atoms with Crippen molar-refractivity contribution < 1.29 is 17.9 Å². The average molecular weight is 474 g/mol. The number of allylic oxidation sites excluding steroid dienone is 1. The number of imidazole rings is 1. The number of nitrogens with two attached hydrogens (primary N) is 1. The molecule has 4 N–H and O–H groups in total. The second kappa shape index (κ2) is 9.58. The third-order valence-electron chi connectivity index (χ3n) is 4.79. The van der Waals surface area contributed by atoms with Gasteiger partial charge in [0.15, 0.2) is 6.61 Å². The number of nitriles is 1. The van der Waals surface area contributed by atoms with Crippen molar-refractivity contribution in [1.29, 1.82) is 5.26 Å². The summed E-state index contributed by atoms with van der Waals surface area (Å²) in [6.45, 7) is -0.242. The van der Waals surface area contributed by atoms with E-state index in [0.29, 0.717) is 22.8 Å². The summed E-state index contributed by atoms with van der Waals surface area (Å²) in [6, 6.07) is 22.1. The van der Waals surface area contributed by atoms with Gasteiger partial charge in [-0.2, -0.15) is 5.26 Å². The number of nitrogens with zero attached hydrogens (tertiary/aromatic N) is 2. The molecule has 0 unspecified atom stereocenters. The predicted octanol–water partition coefficient (Wildman–Crippen LogP) is 3.29. The molecule has 10 heteroatoms. The van der Waals surface area contributed by atoms with Crippen molar-refractivity contribution in [2.75, 3.05) is 11.9 Å². The fourth-order valence-electron chi connectivity index (χ4n) is 3.13. The summed E-state index contributed by atoms with van der Waals surface area (Å²) in [5.41, 5.74) is 3.19. The predicted molar refractivity (Wildman–Crippen MR) is 128 cm³/mol. The molecule has 1 aromatic heterocycles. The third kappa shape index (κ3) is 5.47. The van der Waals surface area contributed by atoms with Crippen LogP contribution in [0, 0.1) is 11.3 Å². The van der Waals surface area contributed by atoms with Crippen LogP contribution in [0.1, 0.15) is 11.4 Å². The highest BCUT2D eigenvalue weighted by Gasteiger charge is 2.10. The van der Waals surface area contributed by atoms with Gasteiger partial charge in [-0.15, -0.1) is 0 Å². The number of nitrogens with one attached hydrogen (secondary N) is 2. The van der Waals surface area contributed by atoms with E-state index in [1.54, 1.807) is 30.3 Å². The van der Waals surface area contributed by atoms with Crippen molar-refractivity contribution in [3.8, 4) is 11.8 Å². The zero-order chi connectivity index (χ0) is 24.1. The topological polar surface area (TPSA) is 151 Å². The molecule has 0 atom stereocenters. The SMILES string of the molecule is N#CC(=Cc1ccc(OCC(=O)Nc2ccc(S(N)(=O)=O)cc2)cc1)c1nc2ccccc2[nH]1. The van der Waals surface area contributed by atoms with Crippen molar-refractivity contribution >= 4 is 44.3 Å². The molecular formula is C24H19N5O4S. The van der Waals surface area contributed by atoms with Gasteiger partial charge in [-0.3, -0.25) is 4.79 Å². The normalized spacial score (nSPS) is 11.7. The number of hydrogen-bond acceptors (Lipinski definition) is 6. The first-order chi connectivity index (χ1) is 16.3. The highest BCUT2D eigenvalue weighted by Crippen LogP contribution is 2.21. The van der Waals surface area contributed by atoms with Gasteiger partial charge in [-0.25, -0.2) is 18.5 Å². The summed E-state index contributed by atoms with van der Waals surface area (Å²) in [5.74, 6) is 0.542. The molecular weight excluding hydrogens is 454 g/mol.